The number of halogens is 1. The first-order valence-corrected chi connectivity index (χ1v) is 7.36. The van der Waals surface area contributed by atoms with Crippen molar-refractivity contribution in [2.75, 3.05) is 5.73 Å². The SMILES string of the molecule is CCc1cc(CSc2cc(F)ccc2N)n(CC)n1. The highest BCUT2D eigenvalue weighted by Gasteiger charge is 2.08. The Morgan fingerprint density at radius 2 is 2.11 bits per heavy atom. The van der Waals surface area contributed by atoms with E-state index in [0.717, 1.165) is 35.0 Å². The summed E-state index contributed by atoms with van der Waals surface area (Å²) in [6.07, 6.45) is 0.923. The molecule has 0 bridgehead atoms. The Balaban J connectivity index is 2.13. The molecule has 3 nitrogen and oxygen atoms in total. The molecule has 5 heteroatoms. The molecule has 0 amide bonds. The first-order valence-electron chi connectivity index (χ1n) is 6.37. The maximum absolute atomic E-state index is 13.2. The van der Waals surface area contributed by atoms with Gasteiger partial charge in [0, 0.05) is 28.6 Å². The van der Waals surface area contributed by atoms with Crippen LogP contribution in [0.5, 0.6) is 0 Å². The summed E-state index contributed by atoms with van der Waals surface area (Å²) in [6.45, 7) is 5.00. The number of thioether (sulfide) groups is 1. The van der Waals surface area contributed by atoms with E-state index in [1.807, 2.05) is 4.68 Å². The van der Waals surface area contributed by atoms with E-state index < -0.39 is 0 Å². The van der Waals surface area contributed by atoms with Crippen LogP contribution in [0.3, 0.4) is 0 Å². The zero-order valence-corrected chi connectivity index (χ0v) is 12.0. The summed E-state index contributed by atoms with van der Waals surface area (Å²) in [5, 5.41) is 4.50. The van der Waals surface area contributed by atoms with Crippen LogP contribution in [0.1, 0.15) is 25.2 Å². The molecule has 0 radical (unpaired) electrons. The fourth-order valence-electron chi connectivity index (χ4n) is 1.86. The van der Waals surface area contributed by atoms with Crippen molar-refractivity contribution in [3.8, 4) is 0 Å². The molecule has 0 aliphatic heterocycles. The average Bonchev–Trinajstić information content (AvgIpc) is 2.82. The van der Waals surface area contributed by atoms with Crippen LogP contribution >= 0.6 is 11.8 Å². The summed E-state index contributed by atoms with van der Waals surface area (Å²) in [4.78, 5) is 0.780. The molecule has 0 atom stereocenters. The first kappa shape index (κ1) is 13.9. The van der Waals surface area contributed by atoms with Gasteiger partial charge in [0.25, 0.3) is 0 Å². The molecular formula is C14H18FN3S. The fourth-order valence-corrected chi connectivity index (χ4v) is 2.83. The Morgan fingerprint density at radius 3 is 2.79 bits per heavy atom. The number of nitrogen functional groups attached to an aromatic ring is 1. The number of hydrogen-bond donors (Lipinski definition) is 1. The lowest BCUT2D eigenvalue weighted by Gasteiger charge is -2.07. The minimum Gasteiger partial charge on any atom is -0.398 e. The van der Waals surface area contributed by atoms with Gasteiger partial charge in [0.15, 0.2) is 0 Å². The van der Waals surface area contributed by atoms with Crippen molar-refractivity contribution in [3.05, 3.63) is 41.5 Å². The van der Waals surface area contributed by atoms with Crippen LogP contribution in [0, 0.1) is 5.82 Å². The topological polar surface area (TPSA) is 43.8 Å². The summed E-state index contributed by atoms with van der Waals surface area (Å²) in [6, 6.07) is 6.57. The zero-order valence-electron chi connectivity index (χ0n) is 11.2. The van der Waals surface area contributed by atoms with E-state index in [2.05, 4.69) is 25.0 Å². The summed E-state index contributed by atoms with van der Waals surface area (Å²) in [5.41, 5.74) is 8.70. The van der Waals surface area contributed by atoms with Crippen molar-refractivity contribution in [1.29, 1.82) is 0 Å². The number of benzene rings is 1. The predicted octanol–water partition coefficient (Wildman–Crippen LogP) is 3.48. The minimum absolute atomic E-state index is 0.255. The standard InChI is InChI=1S/C14H18FN3S/c1-3-11-8-12(18(4-2)17-11)9-19-14-7-10(15)5-6-13(14)16/h5-8H,3-4,9,16H2,1-2H3. The normalized spacial score (nSPS) is 10.9. The van der Waals surface area contributed by atoms with E-state index in [1.165, 1.54) is 12.1 Å². The molecule has 102 valence electrons. The maximum Gasteiger partial charge on any atom is 0.124 e. The first-order chi connectivity index (χ1) is 9.13. The zero-order chi connectivity index (χ0) is 13.8. The number of hydrogen-bond acceptors (Lipinski definition) is 3. The quantitative estimate of drug-likeness (QED) is 0.673. The van der Waals surface area contributed by atoms with Crippen molar-refractivity contribution in [1.82, 2.24) is 9.78 Å². The lowest BCUT2D eigenvalue weighted by atomic mass is 10.3. The van der Waals surface area contributed by atoms with Crippen LogP contribution in [-0.2, 0) is 18.7 Å². The van der Waals surface area contributed by atoms with Gasteiger partial charge in [0.1, 0.15) is 5.82 Å². The molecule has 2 N–H and O–H groups in total. The molecule has 0 fully saturated rings. The van der Waals surface area contributed by atoms with Gasteiger partial charge >= 0.3 is 0 Å². The van der Waals surface area contributed by atoms with Gasteiger partial charge < -0.3 is 5.73 Å². The van der Waals surface area contributed by atoms with E-state index in [-0.39, 0.29) is 5.82 Å². The lowest BCUT2D eigenvalue weighted by molar-refractivity contribution is 0.624. The molecule has 2 rings (SSSR count). The third kappa shape index (κ3) is 3.29. The van der Waals surface area contributed by atoms with Gasteiger partial charge in [-0.25, -0.2) is 4.39 Å². The number of aromatic nitrogens is 2. The summed E-state index contributed by atoms with van der Waals surface area (Å²) in [7, 11) is 0. The van der Waals surface area contributed by atoms with Crippen molar-refractivity contribution in [2.45, 2.75) is 37.5 Å². The molecule has 1 aromatic carbocycles. The summed E-state index contributed by atoms with van der Waals surface area (Å²) in [5.74, 6) is 0.490. The highest BCUT2D eigenvalue weighted by Crippen LogP contribution is 2.29. The third-order valence-electron chi connectivity index (χ3n) is 2.93. The second-order valence-corrected chi connectivity index (χ2v) is 5.28. The number of rotatable bonds is 5. The second kappa shape index (κ2) is 6.10. The highest BCUT2D eigenvalue weighted by atomic mass is 32.2. The lowest BCUT2D eigenvalue weighted by Crippen LogP contribution is -2.01. The van der Waals surface area contributed by atoms with Crippen molar-refractivity contribution < 1.29 is 4.39 Å². The Morgan fingerprint density at radius 1 is 1.32 bits per heavy atom. The van der Waals surface area contributed by atoms with Gasteiger partial charge in [-0.2, -0.15) is 5.10 Å². The van der Waals surface area contributed by atoms with Gasteiger partial charge in [-0.15, -0.1) is 11.8 Å². The Bertz CT molecular complexity index is 566. The second-order valence-electron chi connectivity index (χ2n) is 4.27. The van der Waals surface area contributed by atoms with E-state index >= 15 is 0 Å². The van der Waals surface area contributed by atoms with E-state index in [1.54, 1.807) is 17.8 Å². The maximum atomic E-state index is 13.2. The molecule has 2 aromatic rings. The summed E-state index contributed by atoms with van der Waals surface area (Å²) >= 11 is 1.54. The van der Waals surface area contributed by atoms with Gasteiger partial charge in [-0.1, -0.05) is 6.92 Å². The molecular weight excluding hydrogens is 261 g/mol. The molecule has 0 aliphatic rings. The minimum atomic E-state index is -0.255. The van der Waals surface area contributed by atoms with E-state index in [4.69, 9.17) is 5.73 Å². The molecule has 0 saturated carbocycles. The van der Waals surface area contributed by atoms with Gasteiger partial charge in [-0.3, -0.25) is 4.68 Å². The van der Waals surface area contributed by atoms with Crippen LogP contribution in [0.4, 0.5) is 10.1 Å². The molecule has 0 aliphatic carbocycles. The van der Waals surface area contributed by atoms with Crippen LogP contribution in [0.25, 0.3) is 0 Å². The molecule has 0 unspecified atom stereocenters. The van der Waals surface area contributed by atoms with Gasteiger partial charge in [0.2, 0.25) is 0 Å². The molecule has 19 heavy (non-hydrogen) atoms. The third-order valence-corrected chi connectivity index (χ3v) is 4.03. The van der Waals surface area contributed by atoms with Crippen LogP contribution in [0.15, 0.2) is 29.2 Å². The highest BCUT2D eigenvalue weighted by molar-refractivity contribution is 7.98. The fraction of sp³-hybridized carbons (Fsp3) is 0.357. The smallest absolute Gasteiger partial charge is 0.124 e. The largest absolute Gasteiger partial charge is 0.398 e. The van der Waals surface area contributed by atoms with Gasteiger partial charge in [-0.05, 0) is 37.6 Å². The molecule has 1 aromatic heterocycles. The van der Waals surface area contributed by atoms with E-state index in [9.17, 15) is 4.39 Å². The Hall–Kier alpha value is -1.49. The van der Waals surface area contributed by atoms with Crippen molar-refractivity contribution in [3.63, 3.8) is 0 Å². The van der Waals surface area contributed by atoms with Crippen LogP contribution in [0.2, 0.25) is 0 Å². The molecule has 0 spiro atoms. The van der Waals surface area contributed by atoms with Crippen LogP contribution in [-0.4, -0.2) is 9.78 Å². The van der Waals surface area contributed by atoms with Crippen molar-refractivity contribution >= 4 is 17.4 Å². The average molecular weight is 279 g/mol. The Kier molecular flexibility index (Phi) is 4.47. The molecule has 1 heterocycles. The van der Waals surface area contributed by atoms with Crippen molar-refractivity contribution in [2.24, 2.45) is 0 Å². The number of nitrogens with zero attached hydrogens (tertiary/aromatic N) is 2. The van der Waals surface area contributed by atoms with Crippen LogP contribution < -0.4 is 5.73 Å². The Labute approximate surface area is 117 Å². The van der Waals surface area contributed by atoms with E-state index in [0.29, 0.717) is 5.69 Å². The summed E-state index contributed by atoms with van der Waals surface area (Å²) < 4.78 is 15.2. The number of aryl methyl sites for hydroxylation is 2. The number of anilines is 1. The predicted molar refractivity (Wildman–Crippen MR) is 77.7 cm³/mol. The molecule has 0 saturated heterocycles. The monoisotopic (exact) mass is 279 g/mol. The van der Waals surface area contributed by atoms with Gasteiger partial charge in [0.05, 0.1) is 5.69 Å². The number of nitrogens with two attached hydrogens (primary N) is 1.